The average Bonchev–Trinajstić information content (AvgIpc) is 3.24. The van der Waals surface area contributed by atoms with Crippen LogP contribution in [0.4, 0.5) is 34.1 Å². The molecule has 2 aliphatic heterocycles. The van der Waals surface area contributed by atoms with Crippen LogP contribution in [0.3, 0.4) is 0 Å². The third-order valence-electron chi connectivity index (χ3n) is 11.4. The van der Waals surface area contributed by atoms with Gasteiger partial charge < -0.3 is 9.80 Å². The normalized spacial score (nSPS) is 13.0. The molecule has 0 fully saturated rings. The zero-order chi connectivity index (χ0) is 35.6. The van der Waals surface area contributed by atoms with Gasteiger partial charge in [-0.3, -0.25) is 0 Å². The number of anilines is 6. The first-order chi connectivity index (χ1) is 26.8. The van der Waals surface area contributed by atoms with Crippen LogP contribution in [-0.4, -0.2) is 0 Å². The number of benzene rings is 9. The molecule has 254 valence electrons. The van der Waals surface area contributed by atoms with E-state index in [0.717, 1.165) is 12.8 Å². The second-order valence-corrected chi connectivity index (χ2v) is 14.4. The zero-order valence-electron chi connectivity index (χ0n) is 29.8. The number of hydrogen-bond donors (Lipinski definition) is 0. The smallest absolute Gasteiger partial charge is 0.0546 e. The third kappa shape index (κ3) is 4.67. The molecule has 2 heteroatoms. The second kappa shape index (κ2) is 12.4. The first-order valence-corrected chi connectivity index (χ1v) is 18.9. The number of nitrogens with zero attached hydrogens (tertiary/aromatic N) is 2. The number of hydrogen-bond acceptors (Lipinski definition) is 2. The largest absolute Gasteiger partial charge is 0.309 e. The van der Waals surface area contributed by atoms with E-state index in [4.69, 9.17) is 0 Å². The molecule has 0 N–H and O–H groups in total. The highest BCUT2D eigenvalue weighted by Gasteiger charge is 2.30. The van der Waals surface area contributed by atoms with Gasteiger partial charge in [0.15, 0.2) is 0 Å². The predicted molar refractivity (Wildman–Crippen MR) is 227 cm³/mol. The summed E-state index contributed by atoms with van der Waals surface area (Å²) in [4.78, 5) is 5.04. The van der Waals surface area contributed by atoms with Crippen molar-refractivity contribution >= 4 is 55.7 Å². The lowest BCUT2D eigenvalue weighted by atomic mass is 9.83. The molecule has 0 radical (unpaired) electrons. The summed E-state index contributed by atoms with van der Waals surface area (Å²) in [6, 6.07) is 71.6. The summed E-state index contributed by atoms with van der Waals surface area (Å²) in [7, 11) is 0. The highest BCUT2D eigenvalue weighted by molar-refractivity contribution is 6.28. The van der Waals surface area contributed by atoms with Crippen LogP contribution >= 0.6 is 0 Å². The third-order valence-corrected chi connectivity index (χ3v) is 11.4. The lowest BCUT2D eigenvalue weighted by Gasteiger charge is -2.36. The Morgan fingerprint density at radius 2 is 0.556 bits per heavy atom. The fraction of sp³-hybridized carbons (Fsp3) is 0.0385. The van der Waals surface area contributed by atoms with E-state index in [-0.39, 0.29) is 0 Å². The predicted octanol–water partition coefficient (Wildman–Crippen LogP) is 14.1. The molecule has 54 heavy (non-hydrogen) atoms. The molecule has 0 saturated carbocycles. The molecular weight excluding hydrogens is 653 g/mol. The molecule has 0 spiro atoms. The van der Waals surface area contributed by atoms with Crippen LogP contribution < -0.4 is 9.80 Å². The fourth-order valence-electron chi connectivity index (χ4n) is 9.18. The monoisotopic (exact) mass is 688 g/mol. The van der Waals surface area contributed by atoms with Crippen LogP contribution in [0.25, 0.3) is 43.8 Å². The molecule has 0 atom stereocenters. The lowest BCUT2D eigenvalue weighted by molar-refractivity contribution is 1.09. The summed E-state index contributed by atoms with van der Waals surface area (Å²) in [5.41, 5.74) is 17.6. The summed E-state index contributed by atoms with van der Waals surface area (Å²) < 4.78 is 0. The van der Waals surface area contributed by atoms with Gasteiger partial charge in [-0.15, -0.1) is 0 Å². The van der Waals surface area contributed by atoms with E-state index in [1.165, 1.54) is 100 Å². The number of fused-ring (bicyclic) bond motifs is 6. The molecule has 0 aromatic heterocycles. The molecule has 2 aliphatic rings. The minimum atomic E-state index is 0.916. The standard InChI is InChI=1S/C52H36N2/c1-3-17-35(18-4-1)49-41-25-15-32-48(54-45-29-13-9-23-39(45)34-40-24-10-14-30-46(40)54)52(41)50(36-19-5-2-6-20-36)42-26-16-31-47(51(42)49)53-43-27-11-7-21-37(43)33-38-22-8-12-28-44(38)53/h1-32H,33-34H2. The zero-order valence-corrected chi connectivity index (χ0v) is 29.8. The van der Waals surface area contributed by atoms with Gasteiger partial charge in [0.2, 0.25) is 0 Å². The van der Waals surface area contributed by atoms with Crippen molar-refractivity contribution < 1.29 is 0 Å². The molecule has 2 nitrogen and oxygen atoms in total. The Morgan fingerprint density at radius 1 is 0.259 bits per heavy atom. The minimum absolute atomic E-state index is 0.916. The van der Waals surface area contributed by atoms with Crippen molar-refractivity contribution in [3.63, 3.8) is 0 Å². The maximum atomic E-state index is 2.52. The van der Waals surface area contributed by atoms with E-state index in [0.29, 0.717) is 0 Å². The van der Waals surface area contributed by atoms with Gasteiger partial charge in [0, 0.05) is 46.4 Å². The van der Waals surface area contributed by atoms with Gasteiger partial charge in [0.1, 0.15) is 0 Å². The van der Waals surface area contributed by atoms with Crippen molar-refractivity contribution in [1.82, 2.24) is 0 Å². The molecule has 11 rings (SSSR count). The van der Waals surface area contributed by atoms with Crippen molar-refractivity contribution in [2.45, 2.75) is 12.8 Å². The first-order valence-electron chi connectivity index (χ1n) is 18.9. The topological polar surface area (TPSA) is 6.48 Å². The van der Waals surface area contributed by atoms with Crippen LogP contribution in [0.2, 0.25) is 0 Å². The van der Waals surface area contributed by atoms with Crippen molar-refractivity contribution in [1.29, 1.82) is 0 Å². The highest BCUT2D eigenvalue weighted by atomic mass is 15.2. The Bertz CT molecular complexity index is 2600. The van der Waals surface area contributed by atoms with Gasteiger partial charge in [0.25, 0.3) is 0 Å². The Hall–Kier alpha value is -6.90. The SMILES string of the molecule is c1ccc(-c2c3cccc(N4c5ccccc5Cc5ccccc54)c3c(-c3ccccc3)c3cccc(N4c5ccccc5Cc5ccccc54)c23)cc1. The van der Waals surface area contributed by atoms with E-state index in [1.807, 2.05) is 0 Å². The summed E-state index contributed by atoms with van der Waals surface area (Å²) in [6.45, 7) is 0. The maximum absolute atomic E-state index is 2.52. The fourth-order valence-corrected chi connectivity index (χ4v) is 9.18. The molecule has 0 unspecified atom stereocenters. The molecule has 0 saturated heterocycles. The molecular formula is C52H36N2. The van der Waals surface area contributed by atoms with Crippen molar-refractivity contribution in [2.24, 2.45) is 0 Å². The van der Waals surface area contributed by atoms with Crippen LogP contribution in [0, 0.1) is 0 Å². The van der Waals surface area contributed by atoms with Crippen molar-refractivity contribution in [3.05, 3.63) is 216 Å². The van der Waals surface area contributed by atoms with E-state index in [9.17, 15) is 0 Å². The van der Waals surface area contributed by atoms with Gasteiger partial charge in [0.05, 0.1) is 11.4 Å². The number of rotatable bonds is 4. The van der Waals surface area contributed by atoms with Gasteiger partial charge >= 0.3 is 0 Å². The second-order valence-electron chi connectivity index (χ2n) is 14.4. The van der Waals surface area contributed by atoms with Crippen molar-refractivity contribution in [2.75, 3.05) is 9.80 Å². The lowest BCUT2D eigenvalue weighted by Crippen LogP contribution is -2.19. The summed E-state index contributed by atoms with van der Waals surface area (Å²) in [5, 5.41) is 4.96. The van der Waals surface area contributed by atoms with E-state index >= 15 is 0 Å². The molecule has 9 aromatic carbocycles. The Balaban J connectivity index is 1.33. The molecule has 0 bridgehead atoms. The van der Waals surface area contributed by atoms with E-state index < -0.39 is 0 Å². The van der Waals surface area contributed by atoms with E-state index in [2.05, 4.69) is 204 Å². The average molecular weight is 689 g/mol. The maximum Gasteiger partial charge on any atom is 0.0546 e. The Morgan fingerprint density at radius 3 is 0.907 bits per heavy atom. The summed E-state index contributed by atoms with van der Waals surface area (Å²) in [5.74, 6) is 0. The van der Waals surface area contributed by atoms with Gasteiger partial charge in [-0.1, -0.05) is 158 Å². The van der Waals surface area contributed by atoms with Gasteiger partial charge in [-0.05, 0) is 91.7 Å². The highest BCUT2D eigenvalue weighted by Crippen LogP contribution is 2.55. The number of para-hydroxylation sites is 4. The molecule has 0 amide bonds. The van der Waals surface area contributed by atoms with Crippen LogP contribution in [0.5, 0.6) is 0 Å². The Kier molecular flexibility index (Phi) is 7.03. The molecule has 2 heterocycles. The van der Waals surface area contributed by atoms with Gasteiger partial charge in [-0.25, -0.2) is 0 Å². The van der Waals surface area contributed by atoms with Crippen LogP contribution in [-0.2, 0) is 12.8 Å². The van der Waals surface area contributed by atoms with Crippen molar-refractivity contribution in [3.8, 4) is 22.3 Å². The molecule has 9 aromatic rings. The summed E-state index contributed by atoms with van der Waals surface area (Å²) in [6.07, 6.45) is 1.83. The Labute approximate surface area is 315 Å². The van der Waals surface area contributed by atoms with Crippen LogP contribution in [0.1, 0.15) is 22.3 Å². The van der Waals surface area contributed by atoms with E-state index in [1.54, 1.807) is 0 Å². The van der Waals surface area contributed by atoms with Crippen LogP contribution in [0.15, 0.2) is 194 Å². The first kappa shape index (κ1) is 30.7. The van der Waals surface area contributed by atoms with Gasteiger partial charge in [-0.2, -0.15) is 0 Å². The minimum Gasteiger partial charge on any atom is -0.309 e. The quantitative estimate of drug-likeness (QED) is 0.170. The summed E-state index contributed by atoms with van der Waals surface area (Å²) >= 11 is 0. The molecule has 0 aliphatic carbocycles.